The van der Waals surface area contributed by atoms with Crippen LogP contribution in [0.4, 0.5) is 5.69 Å². The van der Waals surface area contributed by atoms with Crippen molar-refractivity contribution in [2.75, 3.05) is 12.8 Å². The molecule has 4 heteroatoms. The lowest BCUT2D eigenvalue weighted by Crippen LogP contribution is -2.03. The van der Waals surface area contributed by atoms with Crippen molar-refractivity contribution >= 4 is 11.5 Å². The highest BCUT2D eigenvalue weighted by atomic mass is 16.5. The number of benzene rings is 1. The fraction of sp³-hybridized carbons (Fsp3) is 0.133. The normalized spacial score (nSPS) is 20.5. The van der Waals surface area contributed by atoms with Crippen LogP contribution in [0.5, 0.6) is 5.75 Å². The summed E-state index contributed by atoms with van der Waals surface area (Å²) in [4.78, 5) is 11.7. The van der Waals surface area contributed by atoms with Crippen LogP contribution in [0.1, 0.15) is 11.7 Å². The van der Waals surface area contributed by atoms with Crippen LogP contribution in [0.2, 0.25) is 0 Å². The number of fused-ring (bicyclic) bond motifs is 1. The number of anilines is 1. The molecule has 1 heterocycles. The fourth-order valence-corrected chi connectivity index (χ4v) is 2.25. The van der Waals surface area contributed by atoms with Gasteiger partial charge in [-0.1, -0.05) is 18.2 Å². The zero-order valence-electron chi connectivity index (χ0n) is 10.4. The Balaban J connectivity index is 2.00. The largest absolute Gasteiger partial charge is 0.495 e. The molecule has 1 aliphatic heterocycles. The van der Waals surface area contributed by atoms with Gasteiger partial charge in [-0.25, -0.2) is 0 Å². The lowest BCUT2D eigenvalue weighted by atomic mass is 10.0. The van der Waals surface area contributed by atoms with Gasteiger partial charge in [-0.2, -0.15) is 0 Å². The molecule has 1 aliphatic carbocycles. The molecule has 1 aromatic carbocycles. The van der Waals surface area contributed by atoms with Gasteiger partial charge in [0.1, 0.15) is 17.6 Å². The Morgan fingerprint density at radius 1 is 1.37 bits per heavy atom. The van der Waals surface area contributed by atoms with E-state index in [1.165, 1.54) is 6.08 Å². The van der Waals surface area contributed by atoms with Crippen LogP contribution in [0.15, 0.2) is 53.8 Å². The van der Waals surface area contributed by atoms with Crippen LogP contribution in [0.25, 0.3) is 0 Å². The number of ether oxygens (including phenoxy) is 2. The Bertz CT molecular complexity index is 641. The van der Waals surface area contributed by atoms with Crippen molar-refractivity contribution in [2.24, 2.45) is 0 Å². The molecule has 0 fully saturated rings. The van der Waals surface area contributed by atoms with E-state index in [-0.39, 0.29) is 11.9 Å². The average Bonchev–Trinajstić information content (AvgIpc) is 2.84. The van der Waals surface area contributed by atoms with Crippen LogP contribution >= 0.6 is 0 Å². The van der Waals surface area contributed by atoms with E-state index < -0.39 is 0 Å². The molecule has 0 bridgehead atoms. The molecule has 3 rings (SSSR count). The number of carbonyl (C=O) groups excluding carboxylic acids is 1. The number of nitrogens with two attached hydrogens (primary N) is 1. The van der Waals surface area contributed by atoms with Crippen LogP contribution in [-0.4, -0.2) is 12.9 Å². The molecule has 0 spiro atoms. The molecule has 0 aromatic heterocycles. The molecule has 1 unspecified atom stereocenters. The number of hydrogen-bond acceptors (Lipinski definition) is 4. The molecule has 0 saturated heterocycles. The van der Waals surface area contributed by atoms with Crippen molar-refractivity contribution < 1.29 is 14.3 Å². The molecule has 0 radical (unpaired) electrons. The number of hydrogen-bond donors (Lipinski definition) is 1. The number of allylic oxidation sites excluding steroid dienone is 4. The van der Waals surface area contributed by atoms with Crippen LogP contribution in [-0.2, 0) is 9.53 Å². The van der Waals surface area contributed by atoms with Crippen molar-refractivity contribution in [3.05, 3.63) is 59.4 Å². The Morgan fingerprint density at radius 2 is 2.21 bits per heavy atom. The maximum atomic E-state index is 11.7. The molecule has 4 nitrogen and oxygen atoms in total. The van der Waals surface area contributed by atoms with E-state index in [2.05, 4.69) is 0 Å². The zero-order chi connectivity index (χ0) is 13.4. The van der Waals surface area contributed by atoms with Crippen molar-refractivity contribution in [2.45, 2.75) is 6.10 Å². The van der Waals surface area contributed by atoms with Gasteiger partial charge in [-0.3, -0.25) is 4.79 Å². The number of nitrogen functional groups attached to an aromatic ring is 1. The van der Waals surface area contributed by atoms with E-state index in [9.17, 15) is 4.79 Å². The second-order valence-corrected chi connectivity index (χ2v) is 4.34. The van der Waals surface area contributed by atoms with Gasteiger partial charge in [-0.05, 0) is 24.3 Å². The SMILES string of the molecule is COc1cccc(C2C=C3C(=O)C=CC=C3O2)c1N. The highest BCUT2D eigenvalue weighted by Crippen LogP contribution is 2.40. The molecule has 2 aliphatic rings. The molecular weight excluding hydrogens is 242 g/mol. The van der Waals surface area contributed by atoms with E-state index in [4.69, 9.17) is 15.2 Å². The number of methoxy groups -OCH3 is 1. The summed E-state index contributed by atoms with van der Waals surface area (Å²) in [5.74, 6) is 1.16. The summed E-state index contributed by atoms with van der Waals surface area (Å²) < 4.78 is 11.0. The zero-order valence-corrected chi connectivity index (χ0v) is 10.4. The Hall–Kier alpha value is -2.49. The minimum Gasteiger partial charge on any atom is -0.495 e. The predicted molar refractivity (Wildman–Crippen MR) is 71.5 cm³/mol. The molecule has 96 valence electrons. The van der Waals surface area contributed by atoms with Gasteiger partial charge < -0.3 is 15.2 Å². The fourth-order valence-electron chi connectivity index (χ4n) is 2.25. The Morgan fingerprint density at radius 3 is 2.95 bits per heavy atom. The predicted octanol–water partition coefficient (Wildman–Crippen LogP) is 2.30. The van der Waals surface area contributed by atoms with E-state index in [1.54, 1.807) is 31.4 Å². The third kappa shape index (κ3) is 1.81. The molecule has 2 N–H and O–H groups in total. The summed E-state index contributed by atoms with van der Waals surface area (Å²) in [5, 5.41) is 0. The molecular formula is C15H13NO3. The summed E-state index contributed by atoms with van der Waals surface area (Å²) in [6.07, 6.45) is 6.44. The summed E-state index contributed by atoms with van der Waals surface area (Å²) in [7, 11) is 1.57. The third-order valence-corrected chi connectivity index (χ3v) is 3.22. The first kappa shape index (κ1) is 11.6. The van der Waals surface area contributed by atoms with Gasteiger partial charge in [-0.15, -0.1) is 0 Å². The second-order valence-electron chi connectivity index (χ2n) is 4.34. The summed E-state index contributed by atoms with van der Waals surface area (Å²) in [6, 6.07) is 5.51. The molecule has 0 saturated carbocycles. The van der Waals surface area contributed by atoms with Gasteiger partial charge in [0.25, 0.3) is 0 Å². The monoisotopic (exact) mass is 255 g/mol. The molecule has 0 amide bonds. The van der Waals surface area contributed by atoms with Crippen molar-refractivity contribution in [1.82, 2.24) is 0 Å². The number of carbonyl (C=O) groups is 1. The van der Waals surface area contributed by atoms with Gasteiger partial charge in [0, 0.05) is 5.56 Å². The molecule has 1 atom stereocenters. The van der Waals surface area contributed by atoms with E-state index in [0.717, 1.165) is 5.56 Å². The van der Waals surface area contributed by atoms with E-state index in [1.807, 2.05) is 12.1 Å². The van der Waals surface area contributed by atoms with Crippen LogP contribution in [0, 0.1) is 0 Å². The van der Waals surface area contributed by atoms with Crippen LogP contribution in [0.3, 0.4) is 0 Å². The highest BCUT2D eigenvalue weighted by Gasteiger charge is 2.29. The lowest BCUT2D eigenvalue weighted by Gasteiger charge is -2.15. The standard InChI is InChI=1S/C15H13NO3/c1-18-13-7-2-4-9(15(13)16)14-8-10-11(17)5-3-6-12(10)19-14/h2-8,14H,16H2,1H3. The first-order valence-corrected chi connectivity index (χ1v) is 5.94. The van der Waals surface area contributed by atoms with E-state index >= 15 is 0 Å². The third-order valence-electron chi connectivity index (χ3n) is 3.22. The van der Waals surface area contributed by atoms with Crippen molar-refractivity contribution in [3.63, 3.8) is 0 Å². The van der Waals surface area contributed by atoms with Crippen LogP contribution < -0.4 is 10.5 Å². The number of ketones is 1. The van der Waals surface area contributed by atoms with Gasteiger partial charge in [0.15, 0.2) is 5.78 Å². The minimum absolute atomic E-state index is 0.0403. The Labute approximate surface area is 110 Å². The average molecular weight is 255 g/mol. The van der Waals surface area contributed by atoms with Gasteiger partial charge in [0.05, 0.1) is 18.4 Å². The summed E-state index contributed by atoms with van der Waals surface area (Å²) in [5.41, 5.74) is 7.97. The second kappa shape index (κ2) is 4.31. The number of para-hydroxylation sites is 1. The first-order valence-electron chi connectivity index (χ1n) is 5.94. The topological polar surface area (TPSA) is 61.5 Å². The van der Waals surface area contributed by atoms with Gasteiger partial charge in [0.2, 0.25) is 0 Å². The highest BCUT2D eigenvalue weighted by molar-refractivity contribution is 6.08. The maximum absolute atomic E-state index is 11.7. The molecule has 19 heavy (non-hydrogen) atoms. The summed E-state index contributed by atoms with van der Waals surface area (Å²) >= 11 is 0. The maximum Gasteiger partial charge on any atom is 0.189 e. The quantitative estimate of drug-likeness (QED) is 0.824. The smallest absolute Gasteiger partial charge is 0.189 e. The summed E-state index contributed by atoms with van der Waals surface area (Å²) in [6.45, 7) is 0. The lowest BCUT2D eigenvalue weighted by molar-refractivity contribution is -0.111. The first-order chi connectivity index (χ1) is 9.20. The number of rotatable bonds is 2. The van der Waals surface area contributed by atoms with Crippen molar-refractivity contribution in [3.8, 4) is 5.75 Å². The Kier molecular flexibility index (Phi) is 2.63. The molecule has 1 aromatic rings. The van der Waals surface area contributed by atoms with Gasteiger partial charge >= 0.3 is 0 Å². The minimum atomic E-state index is -0.347. The van der Waals surface area contributed by atoms with E-state index in [0.29, 0.717) is 22.8 Å². The van der Waals surface area contributed by atoms with Crippen molar-refractivity contribution in [1.29, 1.82) is 0 Å².